The van der Waals surface area contributed by atoms with Crippen molar-refractivity contribution in [3.8, 4) is 5.75 Å². The lowest BCUT2D eigenvalue weighted by molar-refractivity contribution is -0.159. The van der Waals surface area contributed by atoms with Gasteiger partial charge in [-0.25, -0.2) is 9.78 Å². The maximum Gasteiger partial charge on any atom is 0.347 e. The first-order chi connectivity index (χ1) is 11.8. The Morgan fingerprint density at radius 3 is 2.56 bits per heavy atom. The molecule has 0 bridgehead atoms. The van der Waals surface area contributed by atoms with E-state index in [4.69, 9.17) is 21.1 Å². The number of hydrogen-bond donors (Lipinski definition) is 1. The van der Waals surface area contributed by atoms with Crippen LogP contribution in [-0.4, -0.2) is 29.1 Å². The summed E-state index contributed by atoms with van der Waals surface area (Å²) < 4.78 is 10.7. The van der Waals surface area contributed by atoms with Gasteiger partial charge in [-0.05, 0) is 50.6 Å². The molecule has 132 valence electrons. The molecule has 0 aliphatic carbocycles. The minimum absolute atomic E-state index is 0.321. The Morgan fingerprint density at radius 1 is 1.16 bits per heavy atom. The molecule has 0 radical (unpaired) electrons. The Balaban J connectivity index is 1.87. The molecule has 0 spiro atoms. The lowest BCUT2D eigenvalue weighted by Crippen LogP contribution is -2.35. The minimum Gasteiger partial charge on any atom is -0.479 e. The summed E-state index contributed by atoms with van der Waals surface area (Å²) in [6, 6.07) is 10.5. The second-order valence-electron chi connectivity index (χ2n) is 5.51. The zero-order valence-electron chi connectivity index (χ0n) is 14.2. The predicted octanol–water partition coefficient (Wildman–Crippen LogP) is 3.38. The summed E-state index contributed by atoms with van der Waals surface area (Å²) in [5.74, 6) is -0.243. The summed E-state index contributed by atoms with van der Waals surface area (Å²) in [4.78, 5) is 28.1. The molecule has 0 saturated heterocycles. The number of nitrogens with one attached hydrogen (secondary N) is 1. The molecular weight excluding hydrogens is 344 g/mol. The van der Waals surface area contributed by atoms with Gasteiger partial charge >= 0.3 is 5.97 Å². The van der Waals surface area contributed by atoms with Crippen LogP contribution in [0.4, 0.5) is 5.82 Å². The van der Waals surface area contributed by atoms with E-state index in [2.05, 4.69) is 10.3 Å². The molecule has 1 aromatic heterocycles. The van der Waals surface area contributed by atoms with Gasteiger partial charge in [0.15, 0.2) is 12.2 Å². The van der Waals surface area contributed by atoms with Gasteiger partial charge in [-0.15, -0.1) is 0 Å². The first-order valence-corrected chi connectivity index (χ1v) is 8.09. The van der Waals surface area contributed by atoms with Crippen LogP contribution in [0.3, 0.4) is 0 Å². The van der Waals surface area contributed by atoms with Crippen LogP contribution in [0.5, 0.6) is 5.75 Å². The number of anilines is 1. The average molecular weight is 363 g/mol. The lowest BCUT2D eigenvalue weighted by Gasteiger charge is -2.17. The number of carbonyl (C=O) groups is 2. The van der Waals surface area contributed by atoms with Crippen LogP contribution >= 0.6 is 11.6 Å². The van der Waals surface area contributed by atoms with Crippen molar-refractivity contribution in [3.63, 3.8) is 0 Å². The number of pyridine rings is 1. The fourth-order valence-electron chi connectivity index (χ4n) is 1.94. The molecule has 0 aliphatic rings. The monoisotopic (exact) mass is 362 g/mol. The van der Waals surface area contributed by atoms with Gasteiger partial charge in [-0.1, -0.05) is 23.7 Å². The van der Waals surface area contributed by atoms with Crippen molar-refractivity contribution >= 4 is 29.3 Å². The fourth-order valence-corrected chi connectivity index (χ4v) is 2.05. The van der Waals surface area contributed by atoms with Gasteiger partial charge in [-0.2, -0.15) is 0 Å². The number of ether oxygens (including phenoxy) is 2. The van der Waals surface area contributed by atoms with Gasteiger partial charge in [0, 0.05) is 6.20 Å². The van der Waals surface area contributed by atoms with Gasteiger partial charge < -0.3 is 14.8 Å². The van der Waals surface area contributed by atoms with Crippen molar-refractivity contribution in [2.45, 2.75) is 33.0 Å². The van der Waals surface area contributed by atoms with Crippen LogP contribution in [-0.2, 0) is 14.3 Å². The number of rotatable bonds is 6. The fraction of sp³-hybridized carbons (Fsp3) is 0.278. The largest absolute Gasteiger partial charge is 0.479 e. The van der Waals surface area contributed by atoms with Crippen LogP contribution in [0, 0.1) is 6.92 Å². The van der Waals surface area contributed by atoms with Crippen molar-refractivity contribution in [1.82, 2.24) is 4.98 Å². The zero-order chi connectivity index (χ0) is 18.4. The number of aromatic nitrogens is 1. The zero-order valence-corrected chi connectivity index (χ0v) is 14.9. The normalized spacial score (nSPS) is 12.8. The number of amides is 1. The van der Waals surface area contributed by atoms with Gasteiger partial charge in [0.05, 0.1) is 5.02 Å². The second kappa shape index (κ2) is 8.48. The summed E-state index contributed by atoms with van der Waals surface area (Å²) in [5.41, 5.74) is 1.02. The molecule has 2 rings (SSSR count). The van der Waals surface area contributed by atoms with Gasteiger partial charge in [0.25, 0.3) is 5.91 Å². The summed E-state index contributed by atoms with van der Waals surface area (Å²) in [6.45, 7) is 4.96. The Labute approximate surface area is 151 Å². The number of carbonyl (C=O) groups excluding carboxylic acids is 2. The van der Waals surface area contributed by atoms with Crippen molar-refractivity contribution in [2.24, 2.45) is 0 Å². The van der Waals surface area contributed by atoms with Crippen LogP contribution in [0.15, 0.2) is 42.6 Å². The number of esters is 1. The average Bonchev–Trinajstić information content (AvgIpc) is 2.56. The van der Waals surface area contributed by atoms with E-state index >= 15 is 0 Å². The molecule has 0 unspecified atom stereocenters. The molecule has 0 saturated carbocycles. The van der Waals surface area contributed by atoms with E-state index in [0.717, 1.165) is 5.56 Å². The van der Waals surface area contributed by atoms with E-state index < -0.39 is 24.1 Å². The Morgan fingerprint density at radius 2 is 1.92 bits per heavy atom. The molecule has 6 nitrogen and oxygen atoms in total. The summed E-state index contributed by atoms with van der Waals surface area (Å²) in [5, 5.41) is 3.00. The van der Waals surface area contributed by atoms with E-state index in [1.54, 1.807) is 25.1 Å². The molecule has 0 aliphatic heterocycles. The van der Waals surface area contributed by atoms with E-state index in [0.29, 0.717) is 16.6 Å². The summed E-state index contributed by atoms with van der Waals surface area (Å²) >= 11 is 5.73. The Hall–Kier alpha value is -2.60. The maximum atomic E-state index is 12.1. The molecule has 7 heteroatoms. The first kappa shape index (κ1) is 18.7. The second-order valence-corrected chi connectivity index (χ2v) is 5.94. The highest BCUT2D eigenvalue weighted by atomic mass is 35.5. The van der Waals surface area contributed by atoms with Crippen LogP contribution in [0.2, 0.25) is 5.02 Å². The Kier molecular flexibility index (Phi) is 6.36. The van der Waals surface area contributed by atoms with Gasteiger partial charge in [0.1, 0.15) is 11.6 Å². The highest BCUT2D eigenvalue weighted by Crippen LogP contribution is 2.15. The van der Waals surface area contributed by atoms with E-state index in [1.807, 2.05) is 25.1 Å². The number of hydrogen-bond acceptors (Lipinski definition) is 5. The highest BCUT2D eigenvalue weighted by Gasteiger charge is 2.23. The predicted molar refractivity (Wildman–Crippen MR) is 94.7 cm³/mol. The first-order valence-electron chi connectivity index (χ1n) is 7.71. The molecule has 1 aromatic carbocycles. The third kappa shape index (κ3) is 5.76. The maximum absolute atomic E-state index is 12.1. The van der Waals surface area contributed by atoms with Crippen LogP contribution in [0.1, 0.15) is 19.4 Å². The van der Waals surface area contributed by atoms with E-state index in [1.165, 1.54) is 13.1 Å². The summed E-state index contributed by atoms with van der Waals surface area (Å²) in [7, 11) is 0. The van der Waals surface area contributed by atoms with Crippen LogP contribution in [0.25, 0.3) is 0 Å². The molecule has 0 fully saturated rings. The number of aryl methyl sites for hydroxylation is 1. The summed E-state index contributed by atoms with van der Waals surface area (Å²) in [6.07, 6.45) is -0.426. The van der Waals surface area contributed by atoms with Crippen molar-refractivity contribution in [3.05, 3.63) is 53.2 Å². The smallest absolute Gasteiger partial charge is 0.347 e. The third-order valence-corrected chi connectivity index (χ3v) is 3.50. The number of nitrogens with zero attached hydrogens (tertiary/aromatic N) is 1. The van der Waals surface area contributed by atoms with E-state index in [-0.39, 0.29) is 0 Å². The minimum atomic E-state index is -0.992. The molecule has 2 atom stereocenters. The van der Waals surface area contributed by atoms with E-state index in [9.17, 15) is 9.59 Å². The molecule has 1 heterocycles. The molecule has 25 heavy (non-hydrogen) atoms. The molecular formula is C18H19ClN2O4. The molecule has 1 amide bonds. The quantitative estimate of drug-likeness (QED) is 0.797. The van der Waals surface area contributed by atoms with Gasteiger partial charge in [0.2, 0.25) is 0 Å². The van der Waals surface area contributed by atoms with Crippen molar-refractivity contribution in [1.29, 1.82) is 0 Å². The lowest BCUT2D eigenvalue weighted by atomic mass is 10.2. The topological polar surface area (TPSA) is 77.5 Å². The van der Waals surface area contributed by atoms with Gasteiger partial charge in [-0.3, -0.25) is 4.79 Å². The van der Waals surface area contributed by atoms with Crippen molar-refractivity contribution in [2.75, 3.05) is 5.32 Å². The highest BCUT2D eigenvalue weighted by molar-refractivity contribution is 6.30. The van der Waals surface area contributed by atoms with Crippen LogP contribution < -0.4 is 10.1 Å². The molecule has 2 aromatic rings. The van der Waals surface area contributed by atoms with Crippen molar-refractivity contribution < 1.29 is 19.1 Å². The molecule has 1 N–H and O–H groups in total. The third-order valence-electron chi connectivity index (χ3n) is 3.28. The SMILES string of the molecule is Cc1cccc(O[C@H](C)C(=O)O[C@H](C)C(=O)Nc2ccc(Cl)cn2)c1. The number of benzene rings is 1. The number of halogens is 1. The Bertz CT molecular complexity index is 749. The standard InChI is InChI=1S/C18H19ClN2O4/c1-11-5-4-6-15(9-11)24-13(3)18(23)25-12(2)17(22)21-16-8-7-14(19)10-20-16/h4-10,12-13H,1-3H3,(H,20,21,22)/t12-,13-/m1/s1.